The maximum atomic E-state index is 13.5. The van der Waals surface area contributed by atoms with E-state index in [0.717, 1.165) is 53.0 Å². The van der Waals surface area contributed by atoms with Crippen molar-refractivity contribution in [2.75, 3.05) is 23.7 Å². The molecule has 1 aromatic heterocycles. The summed E-state index contributed by atoms with van der Waals surface area (Å²) in [6.45, 7) is 11.2. The molecule has 0 saturated carbocycles. The summed E-state index contributed by atoms with van der Waals surface area (Å²) in [7, 11) is 0. The zero-order chi connectivity index (χ0) is 32.8. The van der Waals surface area contributed by atoms with Crippen LogP contribution in [0.4, 0.5) is 16.3 Å². The van der Waals surface area contributed by atoms with Crippen molar-refractivity contribution < 1.29 is 14.4 Å². The zero-order valence-electron chi connectivity index (χ0n) is 27.5. The molecule has 0 aliphatic carbocycles. The number of anilines is 2. The smallest absolute Gasteiger partial charge is 0.324 e. The number of nitrogens with one attached hydrogen (secondary N) is 2. The number of urea groups is 1. The van der Waals surface area contributed by atoms with E-state index in [1.165, 1.54) is 0 Å². The highest BCUT2D eigenvalue weighted by Crippen LogP contribution is 2.29. The van der Waals surface area contributed by atoms with Crippen molar-refractivity contribution in [3.05, 3.63) is 107 Å². The number of ketones is 1. The first kappa shape index (κ1) is 32.7. The topological polar surface area (TPSA) is 96.3 Å². The van der Waals surface area contributed by atoms with E-state index in [4.69, 9.17) is 5.10 Å². The summed E-state index contributed by atoms with van der Waals surface area (Å²) in [4.78, 5) is 40.5. The largest absolute Gasteiger partial charge is 0.342 e. The number of carbonyl (C=O) groups excluding carboxylic acids is 3. The van der Waals surface area contributed by atoms with Gasteiger partial charge in [0.1, 0.15) is 11.6 Å². The molecule has 0 bridgehead atoms. The van der Waals surface area contributed by atoms with Crippen LogP contribution in [-0.4, -0.2) is 45.5 Å². The Morgan fingerprint density at radius 2 is 1.59 bits per heavy atom. The Kier molecular flexibility index (Phi) is 10.0. The summed E-state index contributed by atoms with van der Waals surface area (Å²) in [5.74, 6) is 0.651. The number of hydrogen-bond acceptors (Lipinski definition) is 4. The third kappa shape index (κ3) is 8.30. The van der Waals surface area contributed by atoms with Gasteiger partial charge in [-0.1, -0.05) is 80.9 Å². The fourth-order valence-corrected chi connectivity index (χ4v) is 6.01. The quantitative estimate of drug-likeness (QED) is 0.201. The molecule has 1 aliphatic heterocycles. The fourth-order valence-electron chi connectivity index (χ4n) is 6.01. The second kappa shape index (κ2) is 14.1. The van der Waals surface area contributed by atoms with Crippen LogP contribution >= 0.6 is 0 Å². The molecule has 3 aromatic carbocycles. The molecule has 3 amide bonds. The van der Waals surface area contributed by atoms with E-state index < -0.39 is 5.92 Å². The molecule has 5 rings (SSSR count). The molecule has 4 aromatic rings. The van der Waals surface area contributed by atoms with Crippen molar-refractivity contribution in [1.29, 1.82) is 0 Å². The number of aromatic nitrogens is 2. The number of amides is 3. The van der Waals surface area contributed by atoms with Gasteiger partial charge in [-0.25, -0.2) is 9.48 Å². The molecule has 0 spiro atoms. The first-order valence-corrected chi connectivity index (χ1v) is 16.1. The number of benzene rings is 3. The molecule has 2 N–H and O–H groups in total. The molecular formula is C38H45N5O3. The molecule has 1 saturated heterocycles. The monoisotopic (exact) mass is 619 g/mol. The van der Waals surface area contributed by atoms with Gasteiger partial charge >= 0.3 is 6.03 Å². The van der Waals surface area contributed by atoms with Gasteiger partial charge in [-0.15, -0.1) is 0 Å². The van der Waals surface area contributed by atoms with Crippen LogP contribution in [0.25, 0.3) is 5.69 Å². The zero-order valence-corrected chi connectivity index (χ0v) is 27.5. The van der Waals surface area contributed by atoms with E-state index in [1.54, 1.807) is 11.6 Å². The Bertz CT molecular complexity index is 1660. The van der Waals surface area contributed by atoms with E-state index >= 15 is 0 Å². The fraction of sp³-hybridized carbons (Fsp3) is 0.368. The lowest BCUT2D eigenvalue weighted by molar-refractivity contribution is -0.136. The highest BCUT2D eigenvalue weighted by Gasteiger charge is 2.30. The first-order valence-electron chi connectivity index (χ1n) is 16.1. The van der Waals surface area contributed by atoms with Crippen LogP contribution in [0.5, 0.6) is 0 Å². The lowest BCUT2D eigenvalue weighted by atomic mass is 9.88. The Morgan fingerprint density at radius 3 is 2.24 bits per heavy atom. The normalized spacial score (nSPS) is 14.5. The Labute approximate surface area is 272 Å². The molecule has 0 radical (unpaired) electrons. The number of likely N-dealkylation sites (tertiary alicyclic amines) is 1. The van der Waals surface area contributed by atoms with Gasteiger partial charge in [-0.2, -0.15) is 5.10 Å². The van der Waals surface area contributed by atoms with Gasteiger partial charge in [-0.05, 0) is 74.4 Å². The minimum absolute atomic E-state index is 0.0193. The Morgan fingerprint density at radius 1 is 0.891 bits per heavy atom. The predicted octanol–water partition coefficient (Wildman–Crippen LogP) is 7.67. The van der Waals surface area contributed by atoms with Gasteiger partial charge in [0.05, 0.1) is 17.3 Å². The molecule has 8 heteroatoms. The van der Waals surface area contributed by atoms with Crippen molar-refractivity contribution in [1.82, 2.24) is 14.7 Å². The second-order valence-electron chi connectivity index (χ2n) is 13.5. The van der Waals surface area contributed by atoms with Crippen molar-refractivity contribution in [3.8, 4) is 5.69 Å². The van der Waals surface area contributed by atoms with Crippen LogP contribution in [-0.2, 0) is 21.4 Å². The molecule has 1 aliphatic rings. The van der Waals surface area contributed by atoms with Gasteiger partial charge in [0.25, 0.3) is 0 Å². The van der Waals surface area contributed by atoms with Gasteiger partial charge in [0.15, 0.2) is 0 Å². The first-order chi connectivity index (χ1) is 22.0. The van der Waals surface area contributed by atoms with Crippen molar-refractivity contribution in [2.45, 2.75) is 71.6 Å². The van der Waals surface area contributed by atoms with Crippen molar-refractivity contribution in [2.24, 2.45) is 5.92 Å². The average molecular weight is 620 g/mol. The summed E-state index contributed by atoms with van der Waals surface area (Å²) < 4.78 is 1.77. The van der Waals surface area contributed by atoms with Gasteiger partial charge in [-0.3, -0.25) is 14.9 Å². The van der Waals surface area contributed by atoms with E-state index in [9.17, 15) is 14.4 Å². The molecule has 1 unspecified atom stereocenters. The van der Waals surface area contributed by atoms with Gasteiger partial charge in [0.2, 0.25) is 5.91 Å². The van der Waals surface area contributed by atoms with Crippen LogP contribution in [0.3, 0.4) is 0 Å². The Hall–Kier alpha value is -4.72. The van der Waals surface area contributed by atoms with Crippen molar-refractivity contribution >= 4 is 29.2 Å². The SMILES string of the molecule is CC(=O)CC(C(=O)N1CCC(Cc2cccc(NC(=O)Nc3cc(C(C)(C)C)nn3-c3ccc(C)cc3)c2)CC1)c1ccccc1. The molecule has 2 heterocycles. The van der Waals surface area contributed by atoms with Crippen LogP contribution < -0.4 is 10.6 Å². The molecular weight excluding hydrogens is 574 g/mol. The van der Waals surface area contributed by atoms with Crippen molar-refractivity contribution in [3.63, 3.8) is 0 Å². The van der Waals surface area contributed by atoms with E-state index in [1.807, 2.05) is 90.7 Å². The van der Waals surface area contributed by atoms with Crippen LogP contribution in [0.2, 0.25) is 0 Å². The molecule has 240 valence electrons. The van der Waals surface area contributed by atoms with E-state index in [0.29, 0.717) is 24.8 Å². The number of aryl methyl sites for hydroxylation is 1. The molecule has 1 fully saturated rings. The number of piperidine rings is 1. The highest BCUT2D eigenvalue weighted by molar-refractivity contribution is 5.99. The number of hydrogen-bond donors (Lipinski definition) is 2. The minimum Gasteiger partial charge on any atom is -0.342 e. The average Bonchev–Trinajstić information content (AvgIpc) is 3.45. The third-order valence-corrected chi connectivity index (χ3v) is 8.62. The number of nitrogens with zero attached hydrogens (tertiary/aromatic N) is 3. The minimum atomic E-state index is -0.431. The number of carbonyl (C=O) groups is 3. The summed E-state index contributed by atoms with van der Waals surface area (Å²) in [5.41, 5.74) is 5.48. The van der Waals surface area contributed by atoms with Crippen LogP contribution in [0.1, 0.15) is 75.3 Å². The summed E-state index contributed by atoms with van der Waals surface area (Å²) in [5, 5.41) is 10.8. The Balaban J connectivity index is 1.19. The molecule has 8 nitrogen and oxygen atoms in total. The predicted molar refractivity (Wildman–Crippen MR) is 184 cm³/mol. The summed E-state index contributed by atoms with van der Waals surface area (Å²) in [6.07, 6.45) is 2.88. The van der Waals surface area contributed by atoms with Crippen LogP contribution in [0, 0.1) is 12.8 Å². The molecule has 1 atom stereocenters. The lowest BCUT2D eigenvalue weighted by Crippen LogP contribution is -2.41. The van der Waals surface area contributed by atoms with Gasteiger partial charge < -0.3 is 10.2 Å². The second-order valence-corrected chi connectivity index (χ2v) is 13.5. The third-order valence-electron chi connectivity index (χ3n) is 8.62. The highest BCUT2D eigenvalue weighted by atomic mass is 16.2. The number of Topliss-reactive ketones (excluding diaryl/α,β-unsaturated/α-hetero) is 1. The standard InChI is InChI=1S/C38H45N5O3/c1-26-14-16-32(17-15-26)43-35(25-34(41-43)38(3,4)5)40-37(46)39-31-13-9-10-29(24-31)23-28-18-20-42(21-19-28)36(45)33(22-27(2)44)30-11-7-6-8-12-30/h6-17,24-25,28,33H,18-23H2,1-5H3,(H2,39,40,46). The molecule has 46 heavy (non-hydrogen) atoms. The summed E-state index contributed by atoms with van der Waals surface area (Å²) >= 11 is 0. The summed E-state index contributed by atoms with van der Waals surface area (Å²) in [6, 6.07) is 27.2. The lowest BCUT2D eigenvalue weighted by Gasteiger charge is -2.34. The number of rotatable bonds is 9. The maximum absolute atomic E-state index is 13.5. The van der Waals surface area contributed by atoms with E-state index in [2.05, 4.69) is 37.5 Å². The van der Waals surface area contributed by atoms with Crippen LogP contribution in [0.15, 0.2) is 84.9 Å². The maximum Gasteiger partial charge on any atom is 0.324 e. The van der Waals surface area contributed by atoms with Gasteiger partial charge in [0, 0.05) is 36.7 Å². The van der Waals surface area contributed by atoms with E-state index in [-0.39, 0.29) is 29.6 Å².